The normalized spacial score (nSPS) is 23.4. The van der Waals surface area contributed by atoms with Crippen LogP contribution in [0.5, 0.6) is 5.75 Å². The quantitative estimate of drug-likeness (QED) is 0.180. The standard InChI is InChI=1S/C44H47ClF3N9O5/c1-54-34-18-31(46)32(17-29(34)36-37(42(54)61)62-22-44(47,48)38(52-36)25-2-3-25)50-39-30(45)19-49-43(53-39)56-14-8-23(9-15-56)20-55-12-10-24(11-13-55)26-4-5-28-27(16-26)21-57(41(28)60)33-6-7-35(58)51-40(33)59/h4-5,16-19,23-25,33,38,52H,2-3,6-15,20-22H2,1H3,(H,49,50,53)(H,51,58,59). The highest BCUT2D eigenvalue weighted by Gasteiger charge is 2.51. The molecule has 10 rings (SSSR count). The summed E-state index contributed by atoms with van der Waals surface area (Å²) in [7, 11) is 1.45. The molecule has 5 aliphatic heterocycles. The number of aromatic nitrogens is 3. The summed E-state index contributed by atoms with van der Waals surface area (Å²) in [5.74, 6) is -3.73. The van der Waals surface area contributed by atoms with Crippen LogP contribution in [0.25, 0.3) is 10.9 Å². The molecule has 62 heavy (non-hydrogen) atoms. The number of nitrogens with one attached hydrogen (secondary N) is 3. The van der Waals surface area contributed by atoms with Crippen LogP contribution in [-0.4, -0.2) is 99.4 Å². The van der Waals surface area contributed by atoms with E-state index in [1.165, 1.54) is 35.5 Å². The minimum absolute atomic E-state index is 0.00384. The first-order valence-electron chi connectivity index (χ1n) is 21.5. The van der Waals surface area contributed by atoms with E-state index in [0.717, 1.165) is 64.0 Å². The van der Waals surface area contributed by atoms with Crippen LogP contribution in [0.15, 0.2) is 41.3 Å². The highest BCUT2D eigenvalue weighted by Crippen LogP contribution is 2.46. The number of hydrogen-bond donors (Lipinski definition) is 3. The van der Waals surface area contributed by atoms with E-state index in [-0.39, 0.29) is 57.6 Å². The zero-order chi connectivity index (χ0) is 43.0. The van der Waals surface area contributed by atoms with Gasteiger partial charge in [-0.3, -0.25) is 24.5 Å². The van der Waals surface area contributed by atoms with Gasteiger partial charge in [-0.05, 0) is 99.0 Å². The highest BCUT2D eigenvalue weighted by molar-refractivity contribution is 6.33. The number of carbonyl (C=O) groups is 3. The number of benzene rings is 2. The number of aryl methyl sites for hydroxylation is 1. The van der Waals surface area contributed by atoms with E-state index >= 15 is 13.2 Å². The molecule has 3 N–H and O–H groups in total. The van der Waals surface area contributed by atoms with Crippen LogP contribution in [0.4, 0.5) is 36.3 Å². The number of alkyl halides is 2. The van der Waals surface area contributed by atoms with Crippen molar-refractivity contribution in [3.8, 4) is 5.75 Å². The summed E-state index contributed by atoms with van der Waals surface area (Å²) in [6, 6.07) is 6.89. The fourth-order valence-electron chi connectivity index (χ4n) is 10.0. The van der Waals surface area contributed by atoms with Gasteiger partial charge in [0, 0.05) is 56.7 Å². The van der Waals surface area contributed by atoms with E-state index in [9.17, 15) is 19.2 Å². The topological polar surface area (TPSA) is 154 Å². The number of hydrogen-bond acceptors (Lipinski definition) is 11. The molecule has 2 aromatic carbocycles. The van der Waals surface area contributed by atoms with Crippen LogP contribution in [0.1, 0.15) is 78.8 Å². The summed E-state index contributed by atoms with van der Waals surface area (Å²) >= 11 is 6.55. The van der Waals surface area contributed by atoms with Crippen molar-refractivity contribution in [1.29, 1.82) is 0 Å². The van der Waals surface area contributed by atoms with Crippen molar-refractivity contribution in [1.82, 2.24) is 29.7 Å². The molecule has 2 atom stereocenters. The monoisotopic (exact) mass is 873 g/mol. The Morgan fingerprint density at radius 1 is 0.984 bits per heavy atom. The fraction of sp³-hybridized carbons (Fsp3) is 0.500. The Balaban J connectivity index is 0.761. The van der Waals surface area contributed by atoms with Crippen LogP contribution in [-0.2, 0) is 23.2 Å². The number of piperidine rings is 3. The van der Waals surface area contributed by atoms with E-state index < -0.39 is 41.9 Å². The number of halogens is 4. The van der Waals surface area contributed by atoms with Crippen molar-refractivity contribution in [2.24, 2.45) is 18.9 Å². The lowest BCUT2D eigenvalue weighted by Crippen LogP contribution is -2.52. The number of nitrogens with zero attached hydrogens (tertiary/aromatic N) is 6. The Morgan fingerprint density at radius 2 is 1.76 bits per heavy atom. The number of carbonyl (C=O) groups excluding carboxylic acids is 3. The van der Waals surface area contributed by atoms with Gasteiger partial charge < -0.3 is 34.6 Å². The van der Waals surface area contributed by atoms with Crippen molar-refractivity contribution in [2.75, 3.05) is 54.9 Å². The number of amides is 3. The molecule has 326 valence electrons. The van der Waals surface area contributed by atoms with E-state index in [2.05, 4.69) is 42.9 Å². The van der Waals surface area contributed by atoms with E-state index in [1.54, 1.807) is 4.90 Å². The summed E-state index contributed by atoms with van der Waals surface area (Å²) in [5.41, 5.74) is 2.48. The molecule has 6 aliphatic rings. The molecule has 4 aromatic rings. The summed E-state index contributed by atoms with van der Waals surface area (Å²) in [6.07, 6.45) is 7.23. The third kappa shape index (κ3) is 7.50. The van der Waals surface area contributed by atoms with Gasteiger partial charge in [0.2, 0.25) is 23.5 Å². The SMILES string of the molecule is Cn1c(=O)c2c(c3cc(Nc4nc(N5CCC(CN6CCC(c7ccc8c(c7)CN(C7CCC(=O)NC7=O)C8=O)CC6)CC5)ncc4Cl)c(F)cc31)NC(C1CC1)C(F)(F)CO2. The molecule has 3 saturated heterocycles. The molecule has 2 unspecified atom stereocenters. The van der Waals surface area contributed by atoms with Crippen molar-refractivity contribution >= 4 is 63.4 Å². The number of imide groups is 1. The van der Waals surface area contributed by atoms with Crippen molar-refractivity contribution in [2.45, 2.75) is 81.8 Å². The van der Waals surface area contributed by atoms with Gasteiger partial charge in [-0.15, -0.1) is 0 Å². The first-order chi connectivity index (χ1) is 29.8. The molecule has 14 nitrogen and oxygen atoms in total. The summed E-state index contributed by atoms with van der Waals surface area (Å²) in [6.45, 7) is 3.84. The molecule has 4 fully saturated rings. The molecule has 18 heteroatoms. The second-order valence-corrected chi connectivity index (χ2v) is 18.1. The maximum absolute atomic E-state index is 15.8. The van der Waals surface area contributed by atoms with Crippen LogP contribution in [0.3, 0.4) is 0 Å². The van der Waals surface area contributed by atoms with E-state index in [0.29, 0.717) is 54.5 Å². The van der Waals surface area contributed by atoms with Gasteiger partial charge in [0.05, 0.1) is 29.1 Å². The Bertz CT molecular complexity index is 2560. The Morgan fingerprint density at radius 3 is 2.50 bits per heavy atom. The molecule has 0 spiro atoms. The fourth-order valence-corrected chi connectivity index (χ4v) is 10.2. The smallest absolute Gasteiger partial charge is 0.301 e. The lowest BCUT2D eigenvalue weighted by molar-refractivity contribution is -0.136. The minimum Gasteiger partial charge on any atom is -0.480 e. The minimum atomic E-state index is -3.21. The van der Waals surface area contributed by atoms with Crippen LogP contribution < -0.4 is 31.1 Å². The van der Waals surface area contributed by atoms with E-state index in [1.807, 2.05) is 6.07 Å². The average Bonchev–Trinajstić information content (AvgIpc) is 4.06. The molecule has 0 radical (unpaired) electrons. The summed E-state index contributed by atoms with van der Waals surface area (Å²) < 4.78 is 52.7. The Kier molecular flexibility index (Phi) is 10.3. The van der Waals surface area contributed by atoms with Gasteiger partial charge in [0.15, 0.2) is 12.4 Å². The number of rotatable bonds is 8. The van der Waals surface area contributed by atoms with Crippen LogP contribution in [0, 0.1) is 17.7 Å². The third-order valence-electron chi connectivity index (χ3n) is 13.7. The molecule has 7 heterocycles. The molecule has 1 saturated carbocycles. The largest absolute Gasteiger partial charge is 0.480 e. The number of pyridine rings is 1. The maximum atomic E-state index is 15.8. The van der Waals surface area contributed by atoms with Crippen LogP contribution >= 0.6 is 11.6 Å². The number of anilines is 4. The Hall–Kier alpha value is -5.42. The molecule has 0 bridgehead atoms. The zero-order valence-corrected chi connectivity index (χ0v) is 34.9. The molecular weight excluding hydrogens is 827 g/mol. The molecule has 3 amide bonds. The van der Waals surface area contributed by atoms with Crippen molar-refractivity contribution < 1.29 is 32.3 Å². The molecule has 1 aliphatic carbocycles. The van der Waals surface area contributed by atoms with Crippen molar-refractivity contribution in [3.63, 3.8) is 0 Å². The lowest BCUT2D eigenvalue weighted by Gasteiger charge is -2.38. The summed E-state index contributed by atoms with van der Waals surface area (Å²) in [5, 5.41) is 8.81. The van der Waals surface area contributed by atoms with E-state index in [4.69, 9.17) is 21.3 Å². The number of likely N-dealkylation sites (tertiary alicyclic amines) is 1. The van der Waals surface area contributed by atoms with Gasteiger partial charge in [-0.2, -0.15) is 4.98 Å². The predicted octanol–water partition coefficient (Wildman–Crippen LogP) is 5.94. The lowest BCUT2D eigenvalue weighted by atomic mass is 9.87. The maximum Gasteiger partial charge on any atom is 0.301 e. The van der Waals surface area contributed by atoms with Gasteiger partial charge in [0.1, 0.15) is 16.9 Å². The third-order valence-corrected chi connectivity index (χ3v) is 14.0. The van der Waals surface area contributed by atoms with Crippen LogP contribution in [0.2, 0.25) is 5.02 Å². The zero-order valence-electron chi connectivity index (χ0n) is 34.2. The predicted molar refractivity (Wildman–Crippen MR) is 226 cm³/mol. The first-order valence-corrected chi connectivity index (χ1v) is 21.9. The number of ether oxygens (including phenoxy) is 1. The molecular formula is C44H47ClF3N9O5. The second-order valence-electron chi connectivity index (χ2n) is 17.7. The molecule has 2 aromatic heterocycles. The average molecular weight is 874 g/mol. The summed E-state index contributed by atoms with van der Waals surface area (Å²) in [4.78, 5) is 66.0. The van der Waals surface area contributed by atoms with Crippen molar-refractivity contribution in [3.05, 3.63) is 74.4 Å². The van der Waals surface area contributed by atoms with Gasteiger partial charge in [-0.25, -0.2) is 18.2 Å². The highest BCUT2D eigenvalue weighted by atomic mass is 35.5. The Labute approximate surface area is 360 Å². The van der Waals surface area contributed by atoms with Gasteiger partial charge in [0.25, 0.3) is 11.5 Å². The number of fused-ring (bicyclic) bond motifs is 4. The van der Waals surface area contributed by atoms with Gasteiger partial charge in [-0.1, -0.05) is 23.7 Å². The first kappa shape index (κ1) is 40.6. The second kappa shape index (κ2) is 15.7. The van der Waals surface area contributed by atoms with Gasteiger partial charge >= 0.3 is 5.92 Å².